The molecule has 5 nitrogen and oxygen atoms in total. The zero-order chi connectivity index (χ0) is 13.2. The van der Waals surface area contributed by atoms with Crippen LogP contribution in [0.5, 0.6) is 0 Å². The van der Waals surface area contributed by atoms with Crippen molar-refractivity contribution >= 4 is 5.97 Å². The standard InChI is InChI=1S/C13H18N2O3/c1-10(11-2-6-14-7-3-11)15-8-4-13(18,5-9-15)12(16)17/h2-3,6-7,10,18H,4-5,8-9H2,1H3,(H,16,17). The summed E-state index contributed by atoms with van der Waals surface area (Å²) in [5, 5.41) is 18.8. The number of hydrogen-bond donors (Lipinski definition) is 2. The molecule has 1 aliphatic rings. The Bertz CT molecular complexity index is 414. The van der Waals surface area contributed by atoms with Crippen LogP contribution in [-0.4, -0.2) is 44.8 Å². The summed E-state index contributed by atoms with van der Waals surface area (Å²) in [5.74, 6) is -1.11. The second-order valence-corrected chi connectivity index (χ2v) is 4.83. The molecule has 0 bridgehead atoms. The van der Waals surface area contributed by atoms with Crippen LogP contribution >= 0.6 is 0 Å². The van der Waals surface area contributed by atoms with E-state index in [9.17, 15) is 9.90 Å². The van der Waals surface area contributed by atoms with E-state index in [-0.39, 0.29) is 18.9 Å². The summed E-state index contributed by atoms with van der Waals surface area (Å²) in [6, 6.07) is 4.14. The number of rotatable bonds is 3. The third-order valence-corrected chi connectivity index (χ3v) is 3.76. The average molecular weight is 250 g/mol. The fourth-order valence-corrected chi connectivity index (χ4v) is 2.35. The molecule has 0 aliphatic carbocycles. The van der Waals surface area contributed by atoms with Gasteiger partial charge in [0.2, 0.25) is 0 Å². The maximum atomic E-state index is 10.9. The number of hydrogen-bond acceptors (Lipinski definition) is 4. The van der Waals surface area contributed by atoms with Crippen molar-refractivity contribution in [3.05, 3.63) is 30.1 Å². The summed E-state index contributed by atoms with van der Waals surface area (Å²) in [4.78, 5) is 17.1. The molecule has 2 N–H and O–H groups in total. The van der Waals surface area contributed by atoms with E-state index < -0.39 is 11.6 Å². The first-order chi connectivity index (χ1) is 8.53. The minimum atomic E-state index is -1.55. The number of piperidine rings is 1. The van der Waals surface area contributed by atoms with Gasteiger partial charge in [-0.15, -0.1) is 0 Å². The lowest BCUT2D eigenvalue weighted by atomic mass is 9.90. The molecule has 1 atom stereocenters. The highest BCUT2D eigenvalue weighted by Crippen LogP contribution is 2.28. The van der Waals surface area contributed by atoms with Gasteiger partial charge in [0, 0.05) is 31.5 Å². The predicted octanol–water partition coefficient (Wildman–Crippen LogP) is 1.05. The second kappa shape index (κ2) is 5.04. The molecule has 5 heteroatoms. The Hall–Kier alpha value is -1.46. The SMILES string of the molecule is CC(c1ccncc1)N1CCC(O)(C(=O)O)CC1. The van der Waals surface area contributed by atoms with Gasteiger partial charge < -0.3 is 10.2 Å². The minimum absolute atomic E-state index is 0.214. The van der Waals surface area contributed by atoms with E-state index in [4.69, 9.17) is 5.11 Å². The number of aliphatic carboxylic acids is 1. The van der Waals surface area contributed by atoms with Crippen molar-refractivity contribution in [3.63, 3.8) is 0 Å². The van der Waals surface area contributed by atoms with Crippen molar-refractivity contribution in [2.75, 3.05) is 13.1 Å². The number of carboxylic acid groups (broad SMARTS) is 1. The lowest BCUT2D eigenvalue weighted by Crippen LogP contribution is -2.49. The first-order valence-corrected chi connectivity index (χ1v) is 6.13. The molecule has 98 valence electrons. The summed E-state index contributed by atoms with van der Waals surface area (Å²) in [6.07, 6.45) is 4.06. The summed E-state index contributed by atoms with van der Waals surface area (Å²) < 4.78 is 0. The van der Waals surface area contributed by atoms with Gasteiger partial charge in [0.25, 0.3) is 0 Å². The number of aromatic nitrogens is 1. The highest BCUT2D eigenvalue weighted by molar-refractivity contribution is 5.77. The number of carboxylic acids is 1. The van der Waals surface area contributed by atoms with Crippen molar-refractivity contribution < 1.29 is 15.0 Å². The molecule has 0 aromatic carbocycles. The van der Waals surface area contributed by atoms with E-state index in [1.807, 2.05) is 12.1 Å². The van der Waals surface area contributed by atoms with E-state index in [1.54, 1.807) is 12.4 Å². The molecule has 1 fully saturated rings. The third kappa shape index (κ3) is 2.52. The van der Waals surface area contributed by atoms with Crippen molar-refractivity contribution in [2.24, 2.45) is 0 Å². The highest BCUT2D eigenvalue weighted by atomic mass is 16.4. The maximum absolute atomic E-state index is 10.9. The Kier molecular flexibility index (Phi) is 3.63. The van der Waals surface area contributed by atoms with Crippen LogP contribution < -0.4 is 0 Å². The largest absolute Gasteiger partial charge is 0.479 e. The van der Waals surface area contributed by atoms with Crippen molar-refractivity contribution in [2.45, 2.75) is 31.4 Å². The molecular formula is C13H18N2O3. The van der Waals surface area contributed by atoms with E-state index >= 15 is 0 Å². The summed E-state index contributed by atoms with van der Waals surface area (Å²) >= 11 is 0. The van der Waals surface area contributed by atoms with Crippen LogP contribution in [0.3, 0.4) is 0 Å². The Labute approximate surface area is 106 Å². The van der Waals surface area contributed by atoms with Gasteiger partial charge in [0.1, 0.15) is 0 Å². The molecule has 0 radical (unpaired) electrons. The summed E-state index contributed by atoms with van der Waals surface area (Å²) in [6.45, 7) is 3.26. The van der Waals surface area contributed by atoms with Crippen molar-refractivity contribution in [1.82, 2.24) is 9.88 Å². The molecule has 2 heterocycles. The van der Waals surface area contributed by atoms with E-state index in [2.05, 4.69) is 16.8 Å². The second-order valence-electron chi connectivity index (χ2n) is 4.83. The van der Waals surface area contributed by atoms with E-state index in [0.29, 0.717) is 13.1 Å². The van der Waals surface area contributed by atoms with Crippen LogP contribution in [0.2, 0.25) is 0 Å². The van der Waals surface area contributed by atoms with Crippen LogP contribution in [0.15, 0.2) is 24.5 Å². The predicted molar refractivity (Wildman–Crippen MR) is 66.0 cm³/mol. The Morgan fingerprint density at radius 2 is 1.94 bits per heavy atom. The number of nitrogens with zero attached hydrogens (tertiary/aromatic N) is 2. The average Bonchev–Trinajstić information content (AvgIpc) is 2.40. The fourth-order valence-electron chi connectivity index (χ4n) is 2.35. The zero-order valence-electron chi connectivity index (χ0n) is 10.4. The van der Waals surface area contributed by atoms with Gasteiger partial charge >= 0.3 is 5.97 Å². The zero-order valence-corrected chi connectivity index (χ0v) is 10.4. The minimum Gasteiger partial charge on any atom is -0.479 e. The monoisotopic (exact) mass is 250 g/mol. The van der Waals surface area contributed by atoms with Gasteiger partial charge in [-0.25, -0.2) is 4.79 Å². The molecular weight excluding hydrogens is 232 g/mol. The quantitative estimate of drug-likeness (QED) is 0.839. The highest BCUT2D eigenvalue weighted by Gasteiger charge is 2.40. The van der Waals surface area contributed by atoms with Gasteiger partial charge in [-0.05, 0) is 37.5 Å². The van der Waals surface area contributed by atoms with Crippen LogP contribution in [-0.2, 0) is 4.79 Å². The van der Waals surface area contributed by atoms with Gasteiger partial charge in [-0.1, -0.05) is 0 Å². The molecule has 1 aromatic rings. The number of likely N-dealkylation sites (tertiary alicyclic amines) is 1. The fraction of sp³-hybridized carbons (Fsp3) is 0.538. The topological polar surface area (TPSA) is 73.7 Å². The van der Waals surface area contributed by atoms with Gasteiger partial charge in [0.05, 0.1) is 0 Å². The van der Waals surface area contributed by atoms with Crippen molar-refractivity contribution in [1.29, 1.82) is 0 Å². The Morgan fingerprint density at radius 1 is 1.39 bits per heavy atom. The van der Waals surface area contributed by atoms with E-state index in [0.717, 1.165) is 5.56 Å². The van der Waals surface area contributed by atoms with Crippen LogP contribution in [0.1, 0.15) is 31.4 Å². The molecule has 1 aliphatic heterocycles. The maximum Gasteiger partial charge on any atom is 0.335 e. The molecule has 1 unspecified atom stereocenters. The molecule has 18 heavy (non-hydrogen) atoms. The van der Waals surface area contributed by atoms with E-state index in [1.165, 1.54) is 0 Å². The molecule has 0 spiro atoms. The molecule has 1 saturated heterocycles. The number of aliphatic hydroxyl groups is 1. The summed E-state index contributed by atoms with van der Waals surface area (Å²) in [7, 11) is 0. The van der Waals surface area contributed by atoms with Gasteiger partial charge in [0.15, 0.2) is 5.60 Å². The first-order valence-electron chi connectivity index (χ1n) is 6.13. The third-order valence-electron chi connectivity index (χ3n) is 3.76. The smallest absolute Gasteiger partial charge is 0.335 e. The Morgan fingerprint density at radius 3 is 2.44 bits per heavy atom. The van der Waals surface area contributed by atoms with Crippen molar-refractivity contribution in [3.8, 4) is 0 Å². The lowest BCUT2D eigenvalue weighted by molar-refractivity contribution is -0.164. The van der Waals surface area contributed by atoms with Crippen LogP contribution in [0.4, 0.5) is 0 Å². The molecule has 0 amide bonds. The van der Waals surface area contributed by atoms with Crippen LogP contribution in [0, 0.1) is 0 Å². The molecule has 1 aromatic heterocycles. The molecule has 0 saturated carbocycles. The lowest BCUT2D eigenvalue weighted by Gasteiger charge is -2.38. The Balaban J connectivity index is 2.00. The number of pyridine rings is 1. The summed E-state index contributed by atoms with van der Waals surface area (Å²) in [5.41, 5.74) is -0.389. The normalized spacial score (nSPS) is 21.4. The number of carbonyl (C=O) groups is 1. The van der Waals surface area contributed by atoms with Crippen LogP contribution in [0.25, 0.3) is 0 Å². The van der Waals surface area contributed by atoms with Gasteiger partial charge in [-0.2, -0.15) is 0 Å². The molecule has 2 rings (SSSR count). The van der Waals surface area contributed by atoms with Gasteiger partial charge in [-0.3, -0.25) is 9.88 Å². The first kappa shape index (κ1) is 13.0.